The van der Waals surface area contributed by atoms with Crippen molar-refractivity contribution in [2.24, 2.45) is 7.05 Å². The number of nitrogen functional groups attached to an aromatic ring is 3. The van der Waals surface area contributed by atoms with Gasteiger partial charge in [-0.05, 0) is 127 Å². The van der Waals surface area contributed by atoms with Crippen molar-refractivity contribution in [3.63, 3.8) is 0 Å². The zero-order valence-corrected chi connectivity index (χ0v) is 36.7. The van der Waals surface area contributed by atoms with Crippen molar-refractivity contribution in [3.8, 4) is 0 Å². The van der Waals surface area contributed by atoms with Gasteiger partial charge in [0, 0.05) is 69.0 Å². The van der Waals surface area contributed by atoms with Gasteiger partial charge < -0.3 is 47.2 Å². The third kappa shape index (κ3) is 12.3. The van der Waals surface area contributed by atoms with E-state index in [1.54, 1.807) is 108 Å². The maximum absolute atomic E-state index is 12.3. The fourth-order valence-corrected chi connectivity index (χ4v) is 7.41. The molecular weight excluding hydrogens is 865 g/mol. The number of aromatic carboxylic acids is 1. The standard InChI is InChI=1S/C16H13N3O.C15H12N2OS.C12H13N3O.C9H6O3/c17-12-6-8-13(9-7-12)19-16(20)14-5-1-3-11-4-2-10-18-15(11)14;16-11-5-7-12(8-6-11)17-15(18)14-9-10-3-1-2-4-13(10)19-14;1-15-8-2-3-11(15)12(16)14-10-6-4-9(13)5-7-10;10-9(11)8-5-6-3-1-2-4-7(6)12-8/h1-10H,17H2,(H,19,20);1-9H,16H2,(H,17,18);2-8H,13H2,1H3,(H,14,16);1-5H,(H,10,11). The summed E-state index contributed by atoms with van der Waals surface area (Å²) in [5, 5.41) is 19.9. The third-order valence-corrected chi connectivity index (χ3v) is 11.0. The zero-order valence-electron chi connectivity index (χ0n) is 35.9. The molecule has 10 rings (SSSR count). The van der Waals surface area contributed by atoms with Crippen molar-refractivity contribution in [2.75, 3.05) is 33.2 Å². The minimum atomic E-state index is -1.04. The van der Waals surface area contributed by atoms with Gasteiger partial charge in [0.2, 0.25) is 5.76 Å². The number of nitrogens with one attached hydrogen (secondary N) is 3. The number of nitrogens with two attached hydrogens (primary N) is 3. The van der Waals surface area contributed by atoms with Crippen LogP contribution in [0.15, 0.2) is 193 Å². The Bertz CT molecular complexity index is 3240. The van der Waals surface area contributed by atoms with Crippen molar-refractivity contribution >= 4 is 101 Å². The smallest absolute Gasteiger partial charge is 0.371 e. The fraction of sp³-hybridized carbons (Fsp3) is 0.0192. The van der Waals surface area contributed by atoms with Crippen LogP contribution in [0.4, 0.5) is 34.1 Å². The van der Waals surface area contributed by atoms with Gasteiger partial charge >= 0.3 is 5.97 Å². The number of amides is 3. The molecule has 0 unspecified atom stereocenters. The molecule has 0 fully saturated rings. The van der Waals surface area contributed by atoms with Crippen LogP contribution in [0.5, 0.6) is 0 Å². The molecule has 3 amide bonds. The number of rotatable bonds is 7. The summed E-state index contributed by atoms with van der Waals surface area (Å²) >= 11 is 1.49. The number of para-hydroxylation sites is 2. The maximum Gasteiger partial charge on any atom is 0.371 e. The highest BCUT2D eigenvalue weighted by Gasteiger charge is 2.13. The Hall–Kier alpha value is -9.21. The van der Waals surface area contributed by atoms with Gasteiger partial charge in [-0.15, -0.1) is 11.3 Å². The molecule has 0 atom stereocenters. The van der Waals surface area contributed by atoms with Gasteiger partial charge in [0.05, 0.1) is 16.0 Å². The van der Waals surface area contributed by atoms with Crippen LogP contribution in [0.25, 0.3) is 32.0 Å². The highest BCUT2D eigenvalue weighted by Crippen LogP contribution is 2.26. The van der Waals surface area contributed by atoms with E-state index in [9.17, 15) is 19.2 Å². The maximum atomic E-state index is 12.3. The number of thiophene rings is 1. The van der Waals surface area contributed by atoms with Gasteiger partial charge in [-0.25, -0.2) is 4.79 Å². The van der Waals surface area contributed by atoms with Crippen LogP contribution in [0, 0.1) is 0 Å². The van der Waals surface area contributed by atoms with E-state index in [0.717, 1.165) is 32.2 Å². The Kier molecular flexibility index (Phi) is 14.7. The average Bonchev–Trinajstić information content (AvgIpc) is 4.11. The lowest BCUT2D eigenvalue weighted by atomic mass is 10.1. The number of benzene rings is 6. The molecule has 0 bridgehead atoms. The van der Waals surface area contributed by atoms with Crippen LogP contribution >= 0.6 is 11.3 Å². The highest BCUT2D eigenvalue weighted by molar-refractivity contribution is 7.20. The van der Waals surface area contributed by atoms with Crippen molar-refractivity contribution in [1.82, 2.24) is 9.55 Å². The number of hydrogen-bond donors (Lipinski definition) is 7. The van der Waals surface area contributed by atoms with Crippen molar-refractivity contribution in [2.45, 2.75) is 0 Å². The van der Waals surface area contributed by atoms with E-state index in [1.807, 2.05) is 86.0 Å². The summed E-state index contributed by atoms with van der Waals surface area (Å²) in [4.78, 5) is 51.7. The summed E-state index contributed by atoms with van der Waals surface area (Å²) in [6.07, 6.45) is 3.51. The Morgan fingerprint density at radius 1 is 0.567 bits per heavy atom. The van der Waals surface area contributed by atoms with Crippen LogP contribution in [-0.4, -0.2) is 38.3 Å². The summed E-state index contributed by atoms with van der Waals surface area (Å²) in [6.45, 7) is 0. The van der Waals surface area contributed by atoms with E-state index in [1.165, 1.54) is 17.4 Å². The third-order valence-electron chi connectivity index (χ3n) is 9.85. The second kappa shape index (κ2) is 21.4. The van der Waals surface area contributed by atoms with Gasteiger partial charge in [-0.2, -0.15) is 0 Å². The number of fused-ring (bicyclic) bond motifs is 3. The van der Waals surface area contributed by atoms with Crippen molar-refractivity contribution in [1.29, 1.82) is 0 Å². The lowest BCUT2D eigenvalue weighted by Gasteiger charge is -2.07. The molecule has 0 aliphatic carbocycles. The number of furan rings is 1. The number of carbonyl (C=O) groups excluding carboxylic acids is 3. The molecule has 4 aromatic heterocycles. The molecule has 334 valence electrons. The van der Waals surface area contributed by atoms with Gasteiger partial charge in [0.15, 0.2) is 0 Å². The number of carboxylic acids is 1. The second-order valence-corrected chi connectivity index (χ2v) is 15.8. The van der Waals surface area contributed by atoms with Crippen LogP contribution < -0.4 is 33.2 Å². The molecule has 67 heavy (non-hydrogen) atoms. The molecule has 4 heterocycles. The number of carbonyl (C=O) groups is 4. The lowest BCUT2D eigenvalue weighted by molar-refractivity contribution is 0.0664. The van der Waals surface area contributed by atoms with E-state index >= 15 is 0 Å². The van der Waals surface area contributed by atoms with E-state index in [0.29, 0.717) is 50.0 Å². The van der Waals surface area contributed by atoms with E-state index < -0.39 is 5.97 Å². The Morgan fingerprint density at radius 2 is 1.10 bits per heavy atom. The summed E-state index contributed by atoms with van der Waals surface area (Å²) in [6, 6.07) is 52.7. The molecule has 6 aromatic carbocycles. The molecule has 0 radical (unpaired) electrons. The van der Waals surface area contributed by atoms with Gasteiger partial charge in [-0.3, -0.25) is 19.4 Å². The molecule has 10 aromatic rings. The van der Waals surface area contributed by atoms with Crippen LogP contribution in [0.2, 0.25) is 0 Å². The SMILES string of the molecule is Cn1cccc1C(=O)Nc1ccc(N)cc1.Nc1ccc(NC(=O)c2cc3ccccc3s2)cc1.Nc1ccc(NC(=O)c2cccc3cccnc23)cc1.O=C(O)c1cc2ccccc2o1. The quantitative estimate of drug-likeness (QED) is 0.0747. The number of carboxylic acid groups (broad SMARTS) is 1. The molecule has 0 saturated heterocycles. The molecule has 0 aliphatic heterocycles. The monoisotopic (exact) mass is 908 g/mol. The number of aryl methyl sites for hydroxylation is 1. The number of pyridine rings is 1. The average molecular weight is 909 g/mol. The lowest BCUT2D eigenvalue weighted by Crippen LogP contribution is -2.15. The van der Waals surface area contributed by atoms with Gasteiger partial charge in [0.25, 0.3) is 17.7 Å². The van der Waals surface area contributed by atoms with Crippen LogP contribution in [0.1, 0.15) is 41.1 Å². The number of nitrogens with zero attached hydrogens (tertiary/aromatic N) is 2. The fourth-order valence-electron chi connectivity index (χ4n) is 6.45. The second-order valence-electron chi connectivity index (χ2n) is 14.7. The highest BCUT2D eigenvalue weighted by atomic mass is 32.1. The molecule has 0 spiro atoms. The van der Waals surface area contributed by atoms with Crippen molar-refractivity contribution < 1.29 is 28.7 Å². The van der Waals surface area contributed by atoms with Crippen LogP contribution in [-0.2, 0) is 7.05 Å². The first kappa shape index (κ1) is 45.8. The number of hydrogen-bond acceptors (Lipinski definition) is 10. The Labute approximate surface area is 388 Å². The van der Waals surface area contributed by atoms with Crippen LogP contribution in [0.3, 0.4) is 0 Å². The van der Waals surface area contributed by atoms with Gasteiger partial charge in [-0.1, -0.05) is 54.6 Å². The summed E-state index contributed by atoms with van der Waals surface area (Å²) in [7, 11) is 1.83. The summed E-state index contributed by atoms with van der Waals surface area (Å²) in [5.41, 5.74) is 23.5. The largest absolute Gasteiger partial charge is 0.475 e. The first-order valence-electron chi connectivity index (χ1n) is 20.6. The topological polar surface area (TPSA) is 234 Å². The van der Waals surface area contributed by atoms with Gasteiger partial charge in [0.1, 0.15) is 11.3 Å². The summed E-state index contributed by atoms with van der Waals surface area (Å²) in [5.74, 6) is -1.45. The molecule has 0 aliphatic rings. The normalized spacial score (nSPS) is 10.3. The van der Waals surface area contributed by atoms with E-state index in [-0.39, 0.29) is 23.5 Å². The summed E-state index contributed by atoms with van der Waals surface area (Å²) < 4.78 is 7.92. The predicted molar refractivity (Wildman–Crippen MR) is 269 cm³/mol. The first-order valence-corrected chi connectivity index (χ1v) is 21.4. The van der Waals surface area contributed by atoms with Crippen molar-refractivity contribution in [3.05, 3.63) is 210 Å². The predicted octanol–water partition coefficient (Wildman–Crippen LogP) is 10.8. The minimum absolute atomic E-state index is 0.0174. The molecule has 10 N–H and O–H groups in total. The van der Waals surface area contributed by atoms with E-state index in [2.05, 4.69) is 20.9 Å². The Morgan fingerprint density at radius 3 is 1.67 bits per heavy atom. The Balaban J connectivity index is 0.000000135. The zero-order chi connectivity index (χ0) is 47.3. The number of anilines is 6. The van der Waals surface area contributed by atoms with E-state index in [4.69, 9.17) is 26.7 Å². The molecular formula is C52H44N8O6S. The first-order chi connectivity index (χ1) is 32.4. The molecule has 0 saturated carbocycles. The number of aromatic nitrogens is 2. The molecule has 15 heteroatoms. The molecule has 14 nitrogen and oxygen atoms in total. The minimum Gasteiger partial charge on any atom is -0.475 e.